The highest BCUT2D eigenvalue weighted by atomic mass is 35.5. The summed E-state index contributed by atoms with van der Waals surface area (Å²) < 4.78 is 39.6. The average molecular weight is 394 g/mol. The highest BCUT2D eigenvalue weighted by molar-refractivity contribution is 7.89. The molecule has 1 amide bonds. The number of hydrogen-bond acceptors (Lipinski definition) is 4. The first-order valence-corrected chi connectivity index (χ1v) is 9.49. The van der Waals surface area contributed by atoms with E-state index in [1.54, 1.807) is 0 Å². The molecule has 9 heteroatoms. The molecule has 0 saturated carbocycles. The number of benzene rings is 1. The van der Waals surface area contributed by atoms with Crippen LogP contribution in [0.15, 0.2) is 29.2 Å². The number of likely N-dealkylation sites (N-methyl/N-ethyl adjacent to an activating group) is 1. The number of halogens is 2. The predicted molar refractivity (Wildman–Crippen MR) is 96.7 cm³/mol. The molecule has 2 atom stereocenters. The maximum atomic E-state index is 13.0. The fourth-order valence-electron chi connectivity index (χ4n) is 2.63. The molecule has 2 rings (SSSR count). The molecule has 142 valence electrons. The number of amides is 1. The SMILES string of the molecule is CNC(C)CNC(=O)C1CCCN(S(=O)(=O)c2ccc(F)cc2)C1.Cl. The van der Waals surface area contributed by atoms with Gasteiger partial charge in [0.2, 0.25) is 15.9 Å². The van der Waals surface area contributed by atoms with E-state index in [2.05, 4.69) is 10.6 Å². The van der Waals surface area contributed by atoms with Crippen molar-refractivity contribution in [3.63, 3.8) is 0 Å². The van der Waals surface area contributed by atoms with E-state index >= 15 is 0 Å². The summed E-state index contributed by atoms with van der Waals surface area (Å²) in [5.74, 6) is -0.974. The number of piperidine rings is 1. The molecule has 0 radical (unpaired) electrons. The Labute approximate surface area is 154 Å². The lowest BCUT2D eigenvalue weighted by Crippen LogP contribution is -2.47. The number of rotatable bonds is 6. The highest BCUT2D eigenvalue weighted by Crippen LogP contribution is 2.24. The maximum Gasteiger partial charge on any atom is 0.243 e. The Bertz CT molecular complexity index is 670. The Morgan fingerprint density at radius 3 is 2.60 bits per heavy atom. The number of nitrogens with zero attached hydrogens (tertiary/aromatic N) is 1. The normalized spacial score (nSPS) is 19.7. The molecule has 1 aromatic carbocycles. The third-order valence-corrected chi connectivity index (χ3v) is 6.16. The van der Waals surface area contributed by atoms with Crippen molar-refractivity contribution in [3.05, 3.63) is 30.1 Å². The first-order valence-electron chi connectivity index (χ1n) is 8.05. The number of carbonyl (C=O) groups excluding carboxylic acids is 1. The van der Waals surface area contributed by atoms with Crippen molar-refractivity contribution in [2.75, 3.05) is 26.7 Å². The van der Waals surface area contributed by atoms with Crippen LogP contribution in [0, 0.1) is 11.7 Å². The molecule has 6 nitrogen and oxygen atoms in total. The summed E-state index contributed by atoms with van der Waals surface area (Å²) in [6.45, 7) is 2.97. The van der Waals surface area contributed by atoms with Crippen molar-refractivity contribution in [1.29, 1.82) is 0 Å². The van der Waals surface area contributed by atoms with Gasteiger partial charge in [0.25, 0.3) is 0 Å². The van der Waals surface area contributed by atoms with Gasteiger partial charge >= 0.3 is 0 Å². The predicted octanol–water partition coefficient (Wildman–Crippen LogP) is 1.37. The molecule has 2 unspecified atom stereocenters. The Morgan fingerprint density at radius 1 is 1.36 bits per heavy atom. The van der Waals surface area contributed by atoms with Gasteiger partial charge in [0.05, 0.1) is 10.8 Å². The zero-order valence-electron chi connectivity index (χ0n) is 14.4. The van der Waals surface area contributed by atoms with Crippen LogP contribution in [0.2, 0.25) is 0 Å². The molecule has 1 heterocycles. The molecular formula is C16H25ClFN3O3S. The van der Waals surface area contributed by atoms with Gasteiger partial charge in [-0.1, -0.05) is 0 Å². The monoisotopic (exact) mass is 393 g/mol. The fraction of sp³-hybridized carbons (Fsp3) is 0.562. The van der Waals surface area contributed by atoms with Crippen LogP contribution in [-0.2, 0) is 14.8 Å². The van der Waals surface area contributed by atoms with Crippen molar-refractivity contribution < 1.29 is 17.6 Å². The van der Waals surface area contributed by atoms with Crippen LogP contribution in [0.1, 0.15) is 19.8 Å². The van der Waals surface area contributed by atoms with Crippen molar-refractivity contribution >= 4 is 28.3 Å². The van der Waals surface area contributed by atoms with E-state index in [1.165, 1.54) is 16.4 Å². The minimum atomic E-state index is -3.71. The van der Waals surface area contributed by atoms with Gasteiger partial charge in [-0.2, -0.15) is 4.31 Å². The van der Waals surface area contributed by atoms with E-state index in [0.29, 0.717) is 25.9 Å². The van der Waals surface area contributed by atoms with Crippen molar-refractivity contribution in [2.45, 2.75) is 30.7 Å². The molecule has 1 aliphatic heterocycles. The van der Waals surface area contributed by atoms with Crippen LogP contribution < -0.4 is 10.6 Å². The minimum Gasteiger partial charge on any atom is -0.354 e. The van der Waals surface area contributed by atoms with Crippen LogP contribution in [0.5, 0.6) is 0 Å². The van der Waals surface area contributed by atoms with Crippen LogP contribution in [0.25, 0.3) is 0 Å². The molecule has 0 aromatic heterocycles. The lowest BCUT2D eigenvalue weighted by molar-refractivity contribution is -0.126. The molecular weight excluding hydrogens is 369 g/mol. The van der Waals surface area contributed by atoms with E-state index in [-0.39, 0.29) is 41.7 Å². The van der Waals surface area contributed by atoms with Crippen LogP contribution >= 0.6 is 12.4 Å². The smallest absolute Gasteiger partial charge is 0.243 e. The van der Waals surface area contributed by atoms with Crippen molar-refractivity contribution in [3.8, 4) is 0 Å². The standard InChI is InChI=1S/C16H24FN3O3S.ClH/c1-12(18-2)10-19-16(21)13-4-3-9-20(11-13)24(22,23)15-7-5-14(17)6-8-15;/h5-8,12-13,18H,3-4,9-11H2,1-2H3,(H,19,21);1H. The number of carbonyl (C=O) groups is 1. The number of hydrogen-bond donors (Lipinski definition) is 2. The third-order valence-electron chi connectivity index (χ3n) is 4.28. The zero-order valence-corrected chi connectivity index (χ0v) is 16.0. The van der Waals surface area contributed by atoms with E-state index in [4.69, 9.17) is 0 Å². The van der Waals surface area contributed by atoms with Gasteiger partial charge in [0.1, 0.15) is 5.82 Å². The highest BCUT2D eigenvalue weighted by Gasteiger charge is 2.33. The fourth-order valence-corrected chi connectivity index (χ4v) is 4.15. The summed E-state index contributed by atoms with van der Waals surface area (Å²) in [7, 11) is -1.89. The van der Waals surface area contributed by atoms with E-state index in [0.717, 1.165) is 12.1 Å². The molecule has 0 aliphatic carbocycles. The van der Waals surface area contributed by atoms with Gasteiger partial charge in [-0.05, 0) is 51.1 Å². The molecule has 1 aromatic rings. The first-order chi connectivity index (χ1) is 11.3. The first kappa shape index (κ1) is 21.8. The molecule has 1 saturated heterocycles. The van der Waals surface area contributed by atoms with Crippen LogP contribution in [0.3, 0.4) is 0 Å². The van der Waals surface area contributed by atoms with Crippen LogP contribution in [0.4, 0.5) is 4.39 Å². The van der Waals surface area contributed by atoms with E-state index in [1.807, 2.05) is 14.0 Å². The molecule has 0 bridgehead atoms. The summed E-state index contributed by atoms with van der Waals surface area (Å²) in [6.07, 6.45) is 1.29. The largest absolute Gasteiger partial charge is 0.354 e. The Morgan fingerprint density at radius 2 is 2.00 bits per heavy atom. The van der Waals surface area contributed by atoms with E-state index in [9.17, 15) is 17.6 Å². The lowest BCUT2D eigenvalue weighted by atomic mass is 9.99. The minimum absolute atomic E-state index is 0. The third kappa shape index (κ3) is 5.64. The number of sulfonamides is 1. The van der Waals surface area contributed by atoms with Gasteiger partial charge in [-0.25, -0.2) is 12.8 Å². The molecule has 1 fully saturated rings. The Balaban J connectivity index is 0.00000312. The van der Waals surface area contributed by atoms with Gasteiger partial charge in [-0.15, -0.1) is 12.4 Å². The maximum absolute atomic E-state index is 13.0. The van der Waals surface area contributed by atoms with Gasteiger partial charge < -0.3 is 10.6 Å². The molecule has 0 spiro atoms. The topological polar surface area (TPSA) is 78.5 Å². The van der Waals surface area contributed by atoms with Gasteiger partial charge in [0, 0.05) is 25.7 Å². The summed E-state index contributed by atoms with van der Waals surface area (Å²) in [5.41, 5.74) is 0. The zero-order chi connectivity index (χ0) is 17.7. The molecule has 2 N–H and O–H groups in total. The second-order valence-electron chi connectivity index (χ2n) is 6.09. The Kier molecular flexibility index (Phi) is 8.27. The quantitative estimate of drug-likeness (QED) is 0.765. The van der Waals surface area contributed by atoms with Gasteiger partial charge in [0.15, 0.2) is 0 Å². The van der Waals surface area contributed by atoms with Crippen molar-refractivity contribution in [2.24, 2.45) is 5.92 Å². The summed E-state index contributed by atoms with van der Waals surface area (Å²) >= 11 is 0. The lowest BCUT2D eigenvalue weighted by Gasteiger charge is -2.31. The summed E-state index contributed by atoms with van der Waals surface area (Å²) in [6, 6.07) is 4.91. The second-order valence-corrected chi connectivity index (χ2v) is 8.03. The van der Waals surface area contributed by atoms with Crippen LogP contribution in [-0.4, -0.2) is 51.4 Å². The molecule has 1 aliphatic rings. The average Bonchev–Trinajstić information content (AvgIpc) is 2.59. The number of nitrogens with one attached hydrogen (secondary N) is 2. The molecule has 25 heavy (non-hydrogen) atoms. The second kappa shape index (κ2) is 9.47. The Hall–Kier alpha value is -1.22. The van der Waals surface area contributed by atoms with E-state index < -0.39 is 15.8 Å². The summed E-state index contributed by atoms with van der Waals surface area (Å²) in [4.78, 5) is 12.3. The van der Waals surface area contributed by atoms with Crippen molar-refractivity contribution in [1.82, 2.24) is 14.9 Å². The van der Waals surface area contributed by atoms with Gasteiger partial charge in [-0.3, -0.25) is 4.79 Å². The summed E-state index contributed by atoms with van der Waals surface area (Å²) in [5, 5.41) is 5.88.